The van der Waals surface area contributed by atoms with E-state index in [-0.39, 0.29) is 11.6 Å². The monoisotopic (exact) mass is 228 g/mol. The number of amides is 2. The maximum Gasteiger partial charge on any atom is 0.319 e. The van der Waals surface area contributed by atoms with Crippen molar-refractivity contribution >= 4 is 6.03 Å². The molecular weight excluding hydrogens is 208 g/mol. The summed E-state index contributed by atoms with van der Waals surface area (Å²) in [6.07, 6.45) is 1.42. The van der Waals surface area contributed by atoms with Gasteiger partial charge in [-0.15, -0.1) is 0 Å². The van der Waals surface area contributed by atoms with Crippen LogP contribution in [0.2, 0.25) is 0 Å². The Bertz CT molecular complexity index is 266. The van der Waals surface area contributed by atoms with Gasteiger partial charge in [-0.05, 0) is 19.8 Å². The average Bonchev–Trinajstić information content (AvgIpc) is 2.97. The number of epoxide rings is 1. The van der Waals surface area contributed by atoms with Crippen LogP contribution in [0.1, 0.15) is 19.8 Å². The Kier molecular flexibility index (Phi) is 3.08. The molecule has 1 unspecified atom stereocenters. The summed E-state index contributed by atoms with van der Waals surface area (Å²) in [6.45, 7) is 4.47. The number of carbonyl (C=O) groups excluding carboxylic acids is 1. The predicted molar refractivity (Wildman–Crippen MR) is 59.2 cm³/mol. The van der Waals surface area contributed by atoms with Crippen LogP contribution in [0.25, 0.3) is 0 Å². The Morgan fingerprint density at radius 1 is 1.56 bits per heavy atom. The number of aliphatic hydroxyl groups excluding tert-OH is 1. The second-order valence-electron chi connectivity index (χ2n) is 4.97. The van der Waals surface area contributed by atoms with Gasteiger partial charge in [-0.25, -0.2) is 4.79 Å². The molecule has 5 heteroatoms. The molecule has 2 amide bonds. The average molecular weight is 228 g/mol. The molecule has 2 aliphatic heterocycles. The van der Waals surface area contributed by atoms with E-state index in [2.05, 4.69) is 0 Å². The molecule has 92 valence electrons. The number of hydrogen-bond donors (Lipinski definition) is 1. The van der Waals surface area contributed by atoms with E-state index in [1.54, 1.807) is 18.9 Å². The van der Waals surface area contributed by atoms with Crippen molar-refractivity contribution in [2.75, 3.05) is 33.3 Å². The third kappa shape index (κ3) is 2.47. The number of aliphatic hydroxyl groups is 1. The van der Waals surface area contributed by atoms with Gasteiger partial charge in [0.05, 0.1) is 18.3 Å². The molecule has 2 saturated heterocycles. The highest BCUT2D eigenvalue weighted by atomic mass is 16.6. The molecular formula is C11H20N2O3. The lowest BCUT2D eigenvalue weighted by Gasteiger charge is -2.33. The maximum atomic E-state index is 12.0. The topological polar surface area (TPSA) is 56.3 Å². The van der Waals surface area contributed by atoms with Gasteiger partial charge in [0.25, 0.3) is 0 Å². The van der Waals surface area contributed by atoms with E-state index >= 15 is 0 Å². The Labute approximate surface area is 96.0 Å². The van der Waals surface area contributed by atoms with Crippen LogP contribution < -0.4 is 0 Å². The molecule has 2 heterocycles. The van der Waals surface area contributed by atoms with Gasteiger partial charge in [-0.3, -0.25) is 0 Å². The fourth-order valence-electron chi connectivity index (χ4n) is 2.21. The highest BCUT2D eigenvalue weighted by Crippen LogP contribution is 2.37. The molecule has 1 spiro atoms. The first-order valence-corrected chi connectivity index (χ1v) is 5.84. The fraction of sp³-hybridized carbons (Fsp3) is 0.909. The highest BCUT2D eigenvalue weighted by molar-refractivity contribution is 5.74. The second-order valence-corrected chi connectivity index (χ2v) is 4.97. The molecule has 0 aromatic heterocycles. The minimum absolute atomic E-state index is 0.0106. The van der Waals surface area contributed by atoms with Crippen LogP contribution in [0.15, 0.2) is 0 Å². The number of likely N-dealkylation sites (N-methyl/N-ethyl adjacent to an activating group) is 1. The molecule has 0 aromatic carbocycles. The largest absolute Gasteiger partial charge is 0.392 e. The van der Waals surface area contributed by atoms with Gasteiger partial charge in [-0.1, -0.05) is 0 Å². The van der Waals surface area contributed by atoms with Crippen LogP contribution in [0.4, 0.5) is 4.79 Å². The first kappa shape index (κ1) is 11.7. The number of ether oxygens (including phenoxy) is 1. The number of nitrogens with zero attached hydrogens (tertiary/aromatic N) is 2. The van der Waals surface area contributed by atoms with E-state index < -0.39 is 6.10 Å². The van der Waals surface area contributed by atoms with E-state index in [4.69, 9.17) is 4.74 Å². The van der Waals surface area contributed by atoms with Crippen LogP contribution in [0, 0.1) is 0 Å². The van der Waals surface area contributed by atoms with Crippen molar-refractivity contribution < 1.29 is 14.6 Å². The molecule has 0 aromatic rings. The van der Waals surface area contributed by atoms with Crippen LogP contribution in [0.5, 0.6) is 0 Å². The molecule has 0 radical (unpaired) electrons. The molecule has 2 aliphatic rings. The summed E-state index contributed by atoms with van der Waals surface area (Å²) in [5.74, 6) is 0. The Morgan fingerprint density at radius 2 is 2.12 bits per heavy atom. The molecule has 1 N–H and O–H groups in total. The first-order valence-electron chi connectivity index (χ1n) is 5.84. The molecule has 0 saturated carbocycles. The summed E-state index contributed by atoms with van der Waals surface area (Å²) in [6, 6.07) is 0.0106. The zero-order chi connectivity index (χ0) is 11.8. The van der Waals surface area contributed by atoms with Crippen molar-refractivity contribution in [3.8, 4) is 0 Å². The van der Waals surface area contributed by atoms with Gasteiger partial charge < -0.3 is 19.6 Å². The molecule has 2 fully saturated rings. The van der Waals surface area contributed by atoms with Gasteiger partial charge in [0.1, 0.15) is 0 Å². The van der Waals surface area contributed by atoms with Crippen LogP contribution in [-0.2, 0) is 4.74 Å². The lowest BCUT2D eigenvalue weighted by Crippen LogP contribution is -2.48. The summed E-state index contributed by atoms with van der Waals surface area (Å²) >= 11 is 0. The number of likely N-dealkylation sites (tertiary alicyclic amines) is 1. The predicted octanol–water partition coefficient (Wildman–Crippen LogP) is 0.284. The third-order valence-electron chi connectivity index (χ3n) is 3.36. The summed E-state index contributed by atoms with van der Waals surface area (Å²) in [4.78, 5) is 15.4. The van der Waals surface area contributed by atoms with Crippen molar-refractivity contribution in [1.82, 2.24) is 9.80 Å². The number of piperidine rings is 1. The van der Waals surface area contributed by atoms with E-state index in [0.29, 0.717) is 6.54 Å². The van der Waals surface area contributed by atoms with Crippen LogP contribution >= 0.6 is 0 Å². The third-order valence-corrected chi connectivity index (χ3v) is 3.36. The number of urea groups is 1. The van der Waals surface area contributed by atoms with E-state index in [0.717, 1.165) is 32.5 Å². The summed E-state index contributed by atoms with van der Waals surface area (Å²) in [7, 11) is 1.73. The Morgan fingerprint density at radius 3 is 2.56 bits per heavy atom. The van der Waals surface area contributed by atoms with Gasteiger partial charge in [0.2, 0.25) is 0 Å². The van der Waals surface area contributed by atoms with Gasteiger partial charge in [0, 0.05) is 26.7 Å². The van der Waals surface area contributed by atoms with Gasteiger partial charge >= 0.3 is 6.03 Å². The second kappa shape index (κ2) is 4.22. The fourth-order valence-corrected chi connectivity index (χ4v) is 2.21. The quantitative estimate of drug-likeness (QED) is 0.691. The number of hydrogen-bond acceptors (Lipinski definition) is 3. The lowest BCUT2D eigenvalue weighted by atomic mass is 9.98. The highest BCUT2D eigenvalue weighted by Gasteiger charge is 2.47. The Balaban J connectivity index is 1.81. The molecule has 0 bridgehead atoms. The number of rotatable bonds is 2. The summed E-state index contributed by atoms with van der Waals surface area (Å²) < 4.78 is 5.40. The van der Waals surface area contributed by atoms with E-state index in [1.165, 1.54) is 0 Å². The lowest BCUT2D eigenvalue weighted by molar-refractivity contribution is 0.105. The molecule has 0 aliphatic carbocycles. The number of carbonyl (C=O) groups is 1. The van der Waals surface area contributed by atoms with Gasteiger partial charge in [0.15, 0.2) is 0 Å². The minimum atomic E-state index is -0.475. The van der Waals surface area contributed by atoms with Crippen LogP contribution in [-0.4, -0.2) is 65.9 Å². The zero-order valence-electron chi connectivity index (χ0n) is 9.98. The Hall–Kier alpha value is -0.810. The first-order chi connectivity index (χ1) is 7.52. The van der Waals surface area contributed by atoms with Crippen LogP contribution in [0.3, 0.4) is 0 Å². The smallest absolute Gasteiger partial charge is 0.319 e. The SMILES string of the molecule is CC(O)CN(C)C(=O)N1CCC2(CC1)CO2. The minimum Gasteiger partial charge on any atom is -0.392 e. The molecule has 1 atom stereocenters. The molecule has 5 nitrogen and oxygen atoms in total. The molecule has 2 rings (SSSR count). The van der Waals surface area contributed by atoms with Crippen molar-refractivity contribution in [2.24, 2.45) is 0 Å². The van der Waals surface area contributed by atoms with Gasteiger partial charge in [-0.2, -0.15) is 0 Å². The van der Waals surface area contributed by atoms with Crippen molar-refractivity contribution in [3.05, 3.63) is 0 Å². The van der Waals surface area contributed by atoms with Crippen molar-refractivity contribution in [2.45, 2.75) is 31.5 Å². The van der Waals surface area contributed by atoms with E-state index in [9.17, 15) is 9.90 Å². The molecule has 16 heavy (non-hydrogen) atoms. The van der Waals surface area contributed by atoms with Crippen molar-refractivity contribution in [1.29, 1.82) is 0 Å². The standard InChI is InChI=1S/C11H20N2O3/c1-9(14)7-12(2)10(15)13-5-3-11(4-6-13)8-16-11/h9,14H,3-8H2,1-2H3. The summed E-state index contributed by atoms with van der Waals surface area (Å²) in [5, 5.41) is 9.23. The van der Waals surface area contributed by atoms with Crippen molar-refractivity contribution in [3.63, 3.8) is 0 Å². The van der Waals surface area contributed by atoms with E-state index in [1.807, 2.05) is 4.90 Å². The normalized spacial score (nSPS) is 24.3. The summed E-state index contributed by atoms with van der Waals surface area (Å²) in [5.41, 5.74) is 0.111. The zero-order valence-corrected chi connectivity index (χ0v) is 9.98. The maximum absolute atomic E-state index is 12.0.